The summed E-state index contributed by atoms with van der Waals surface area (Å²) in [6, 6.07) is 7.79. The summed E-state index contributed by atoms with van der Waals surface area (Å²) in [5.74, 6) is 0.169. The van der Waals surface area contributed by atoms with Crippen molar-refractivity contribution in [3.8, 4) is 0 Å². The van der Waals surface area contributed by atoms with Crippen LogP contribution >= 0.6 is 0 Å². The van der Waals surface area contributed by atoms with Crippen molar-refractivity contribution in [3.63, 3.8) is 0 Å². The summed E-state index contributed by atoms with van der Waals surface area (Å²) in [4.78, 5) is 12.1. The van der Waals surface area contributed by atoms with Crippen LogP contribution in [0.5, 0.6) is 0 Å². The highest BCUT2D eigenvalue weighted by Crippen LogP contribution is 2.16. The molecule has 100 valence electrons. The molecule has 0 aliphatic carbocycles. The third-order valence-corrected chi connectivity index (χ3v) is 3.12. The minimum atomic E-state index is -0.330. The number of ether oxygens (including phenoxy) is 2. The Hall–Kier alpha value is -1.19. The largest absolute Gasteiger partial charge is 0.356 e. The number of rotatable bonds is 7. The molecule has 1 aromatic carbocycles. The van der Waals surface area contributed by atoms with Gasteiger partial charge in [0.05, 0.1) is 0 Å². The zero-order valence-electron chi connectivity index (χ0n) is 11.6. The van der Waals surface area contributed by atoms with Crippen molar-refractivity contribution in [3.05, 3.63) is 35.4 Å². The van der Waals surface area contributed by atoms with Gasteiger partial charge in [-0.15, -0.1) is 0 Å². The smallest absolute Gasteiger partial charge is 0.163 e. The number of methoxy groups -OCH3 is 2. The Kier molecular flexibility index (Phi) is 6.02. The van der Waals surface area contributed by atoms with E-state index in [9.17, 15) is 4.79 Å². The Labute approximate surface area is 109 Å². The molecular formula is C15H22O3. The maximum absolute atomic E-state index is 12.1. The van der Waals surface area contributed by atoms with Crippen LogP contribution in [-0.2, 0) is 15.9 Å². The second-order valence-corrected chi connectivity index (χ2v) is 4.49. The summed E-state index contributed by atoms with van der Waals surface area (Å²) in [5.41, 5.74) is 2.00. The lowest BCUT2D eigenvalue weighted by molar-refractivity contribution is -0.132. The molecule has 0 aliphatic heterocycles. The molecule has 0 saturated carbocycles. The van der Waals surface area contributed by atoms with Gasteiger partial charge in [-0.2, -0.15) is 0 Å². The fraction of sp³-hybridized carbons (Fsp3) is 0.533. The van der Waals surface area contributed by atoms with Gasteiger partial charge in [0.1, 0.15) is 0 Å². The third-order valence-electron chi connectivity index (χ3n) is 3.12. The van der Waals surface area contributed by atoms with Crippen LogP contribution in [0.3, 0.4) is 0 Å². The van der Waals surface area contributed by atoms with E-state index in [0.29, 0.717) is 6.42 Å². The van der Waals surface area contributed by atoms with E-state index in [1.54, 1.807) is 14.2 Å². The minimum Gasteiger partial charge on any atom is -0.356 e. The van der Waals surface area contributed by atoms with Crippen LogP contribution in [0.4, 0.5) is 0 Å². The Morgan fingerprint density at radius 1 is 1.17 bits per heavy atom. The van der Waals surface area contributed by atoms with Gasteiger partial charge in [0.25, 0.3) is 0 Å². The van der Waals surface area contributed by atoms with Gasteiger partial charge < -0.3 is 9.47 Å². The second-order valence-electron chi connectivity index (χ2n) is 4.49. The topological polar surface area (TPSA) is 35.5 Å². The Balaban J connectivity index is 2.64. The van der Waals surface area contributed by atoms with Gasteiger partial charge in [0.15, 0.2) is 12.1 Å². The molecule has 0 N–H and O–H groups in total. The highest BCUT2D eigenvalue weighted by atomic mass is 16.7. The minimum absolute atomic E-state index is 0.0401. The molecule has 0 heterocycles. The highest BCUT2D eigenvalue weighted by molar-refractivity contribution is 5.96. The van der Waals surface area contributed by atoms with Crippen LogP contribution in [0.15, 0.2) is 24.3 Å². The molecule has 18 heavy (non-hydrogen) atoms. The summed E-state index contributed by atoms with van der Waals surface area (Å²) >= 11 is 0. The second kappa shape index (κ2) is 7.29. The van der Waals surface area contributed by atoms with Crippen molar-refractivity contribution in [1.29, 1.82) is 0 Å². The first kappa shape index (κ1) is 14.9. The maximum Gasteiger partial charge on any atom is 0.163 e. The molecule has 1 atom stereocenters. The molecule has 0 amide bonds. The molecule has 1 aromatic rings. The van der Waals surface area contributed by atoms with Crippen LogP contribution in [0.25, 0.3) is 0 Å². The lowest BCUT2D eigenvalue weighted by Crippen LogP contribution is -2.24. The standard InChI is InChI=1S/C15H22O3/c1-5-12-6-8-13(9-7-12)14(16)10-11(2)15(17-3)18-4/h6-9,11,15H,5,10H2,1-4H3. The molecule has 0 bridgehead atoms. The van der Waals surface area contributed by atoms with E-state index in [-0.39, 0.29) is 18.0 Å². The van der Waals surface area contributed by atoms with E-state index < -0.39 is 0 Å². The molecule has 0 saturated heterocycles. The molecule has 0 aromatic heterocycles. The van der Waals surface area contributed by atoms with Crippen molar-refractivity contribution in [1.82, 2.24) is 0 Å². The fourth-order valence-electron chi connectivity index (χ4n) is 1.99. The normalized spacial score (nSPS) is 12.7. The first-order valence-corrected chi connectivity index (χ1v) is 6.30. The van der Waals surface area contributed by atoms with Crippen molar-refractivity contribution in [2.24, 2.45) is 5.92 Å². The molecule has 0 aliphatic rings. The van der Waals surface area contributed by atoms with Crippen LogP contribution in [-0.4, -0.2) is 26.3 Å². The maximum atomic E-state index is 12.1. The zero-order valence-corrected chi connectivity index (χ0v) is 11.6. The summed E-state index contributed by atoms with van der Waals surface area (Å²) in [6.45, 7) is 4.05. The van der Waals surface area contributed by atoms with Gasteiger partial charge in [-0.1, -0.05) is 38.1 Å². The monoisotopic (exact) mass is 250 g/mol. The molecule has 0 fully saturated rings. The van der Waals surface area contributed by atoms with E-state index >= 15 is 0 Å². The molecule has 0 radical (unpaired) electrons. The number of benzene rings is 1. The molecule has 1 rings (SSSR count). The molecule has 1 unspecified atom stereocenters. The van der Waals surface area contributed by atoms with Gasteiger partial charge >= 0.3 is 0 Å². The van der Waals surface area contributed by atoms with Gasteiger partial charge in [0, 0.05) is 32.1 Å². The highest BCUT2D eigenvalue weighted by Gasteiger charge is 2.19. The van der Waals surface area contributed by atoms with E-state index in [2.05, 4.69) is 6.92 Å². The van der Waals surface area contributed by atoms with E-state index in [0.717, 1.165) is 12.0 Å². The number of hydrogen-bond acceptors (Lipinski definition) is 3. The summed E-state index contributed by atoms with van der Waals surface area (Å²) < 4.78 is 10.3. The van der Waals surface area contributed by atoms with Crippen LogP contribution in [0, 0.1) is 5.92 Å². The summed E-state index contributed by atoms with van der Waals surface area (Å²) in [7, 11) is 3.18. The first-order valence-electron chi connectivity index (χ1n) is 6.30. The number of hydrogen-bond donors (Lipinski definition) is 0. The lowest BCUT2D eigenvalue weighted by Gasteiger charge is -2.20. The fourth-order valence-corrected chi connectivity index (χ4v) is 1.99. The van der Waals surface area contributed by atoms with Crippen LogP contribution in [0.1, 0.15) is 36.2 Å². The van der Waals surface area contributed by atoms with E-state index in [1.165, 1.54) is 5.56 Å². The average molecular weight is 250 g/mol. The van der Waals surface area contributed by atoms with Crippen LogP contribution < -0.4 is 0 Å². The molecule has 3 heteroatoms. The van der Waals surface area contributed by atoms with Gasteiger partial charge in [-0.3, -0.25) is 4.79 Å². The third kappa shape index (κ3) is 3.93. The first-order chi connectivity index (χ1) is 8.62. The summed E-state index contributed by atoms with van der Waals surface area (Å²) in [6.07, 6.45) is 1.09. The van der Waals surface area contributed by atoms with Crippen molar-refractivity contribution < 1.29 is 14.3 Å². The predicted octanol–water partition coefficient (Wildman–Crippen LogP) is 3.08. The van der Waals surface area contributed by atoms with Crippen molar-refractivity contribution in [2.75, 3.05) is 14.2 Å². The van der Waals surface area contributed by atoms with Gasteiger partial charge in [-0.25, -0.2) is 0 Å². The lowest BCUT2D eigenvalue weighted by atomic mass is 9.98. The summed E-state index contributed by atoms with van der Waals surface area (Å²) in [5, 5.41) is 0. The number of carbonyl (C=O) groups excluding carboxylic acids is 1. The molecule has 0 spiro atoms. The van der Waals surface area contributed by atoms with Crippen molar-refractivity contribution >= 4 is 5.78 Å². The van der Waals surface area contributed by atoms with Crippen molar-refractivity contribution in [2.45, 2.75) is 33.0 Å². The number of ketones is 1. The quantitative estimate of drug-likeness (QED) is 0.551. The van der Waals surface area contributed by atoms with Gasteiger partial charge in [0.2, 0.25) is 0 Å². The number of Topliss-reactive ketones (excluding diaryl/α,β-unsaturated/α-hetero) is 1. The Bertz CT molecular complexity index is 366. The number of carbonyl (C=O) groups is 1. The average Bonchev–Trinajstić information content (AvgIpc) is 2.40. The number of aryl methyl sites for hydroxylation is 1. The zero-order chi connectivity index (χ0) is 13.5. The Morgan fingerprint density at radius 2 is 1.72 bits per heavy atom. The van der Waals surface area contributed by atoms with E-state index in [1.807, 2.05) is 31.2 Å². The molecule has 3 nitrogen and oxygen atoms in total. The van der Waals surface area contributed by atoms with E-state index in [4.69, 9.17) is 9.47 Å². The van der Waals surface area contributed by atoms with Crippen LogP contribution in [0.2, 0.25) is 0 Å². The SMILES string of the molecule is CCc1ccc(C(=O)CC(C)C(OC)OC)cc1. The predicted molar refractivity (Wildman–Crippen MR) is 71.7 cm³/mol. The Morgan fingerprint density at radius 3 is 2.17 bits per heavy atom. The molecular weight excluding hydrogens is 228 g/mol. The van der Waals surface area contributed by atoms with Gasteiger partial charge in [-0.05, 0) is 12.0 Å².